The maximum atomic E-state index is 12.8. The van der Waals surface area contributed by atoms with Gasteiger partial charge in [-0.2, -0.15) is 0 Å². The van der Waals surface area contributed by atoms with Gasteiger partial charge in [0.1, 0.15) is 5.82 Å². The van der Waals surface area contributed by atoms with E-state index in [1.54, 1.807) is 6.20 Å². The van der Waals surface area contributed by atoms with Crippen LogP contribution in [0.4, 0.5) is 4.39 Å². The van der Waals surface area contributed by atoms with Crippen LogP contribution >= 0.6 is 0 Å². The topological polar surface area (TPSA) is 48.1 Å². The van der Waals surface area contributed by atoms with Crippen LogP contribution < -0.4 is 5.90 Å². The van der Waals surface area contributed by atoms with E-state index in [4.69, 9.17) is 5.90 Å². The van der Waals surface area contributed by atoms with Crippen molar-refractivity contribution in [2.45, 2.75) is 19.3 Å². The van der Waals surface area contributed by atoms with Crippen molar-refractivity contribution in [2.24, 2.45) is 5.90 Å². The van der Waals surface area contributed by atoms with Crippen molar-refractivity contribution in [2.75, 3.05) is 6.61 Å². The smallest absolute Gasteiger partial charge is 0.141 e. The quantitative estimate of drug-likeness (QED) is 0.722. The Labute approximate surface area is 76.7 Å². The highest BCUT2D eigenvalue weighted by atomic mass is 19.1. The third-order valence-electron chi connectivity index (χ3n) is 1.93. The number of pyridine rings is 1. The normalized spacial score (nSPS) is 11.7. The summed E-state index contributed by atoms with van der Waals surface area (Å²) in [5.74, 6) is 4.63. The molecule has 0 saturated heterocycles. The first-order valence-corrected chi connectivity index (χ1v) is 3.99. The maximum absolute atomic E-state index is 12.8. The van der Waals surface area contributed by atoms with Gasteiger partial charge in [-0.25, -0.2) is 10.3 Å². The maximum Gasteiger partial charge on any atom is 0.141 e. The summed E-state index contributed by atoms with van der Waals surface area (Å²) in [6.45, 7) is 4.16. The average Bonchev–Trinajstić information content (AvgIpc) is 2.04. The van der Waals surface area contributed by atoms with E-state index >= 15 is 0 Å². The van der Waals surface area contributed by atoms with Gasteiger partial charge in [0.2, 0.25) is 0 Å². The number of rotatable bonds is 3. The van der Waals surface area contributed by atoms with Crippen molar-refractivity contribution >= 4 is 0 Å². The monoisotopic (exact) mass is 184 g/mol. The molecule has 0 aliphatic heterocycles. The fourth-order valence-electron chi connectivity index (χ4n) is 1.07. The van der Waals surface area contributed by atoms with Gasteiger partial charge in [0.05, 0.1) is 12.8 Å². The third-order valence-corrected chi connectivity index (χ3v) is 1.93. The molecule has 0 aliphatic rings. The van der Waals surface area contributed by atoms with Gasteiger partial charge in [-0.1, -0.05) is 13.8 Å². The molecule has 0 fully saturated rings. The van der Waals surface area contributed by atoms with Gasteiger partial charge in [0.15, 0.2) is 0 Å². The van der Waals surface area contributed by atoms with E-state index in [1.165, 1.54) is 12.3 Å². The molecule has 2 N–H and O–H groups in total. The van der Waals surface area contributed by atoms with Crippen molar-refractivity contribution < 1.29 is 9.23 Å². The number of hydrogen-bond acceptors (Lipinski definition) is 3. The fourth-order valence-corrected chi connectivity index (χ4v) is 1.07. The zero-order valence-corrected chi connectivity index (χ0v) is 7.75. The lowest BCUT2D eigenvalue weighted by Gasteiger charge is -2.22. The Bertz CT molecular complexity index is 289. The molecule has 0 aliphatic carbocycles. The van der Waals surface area contributed by atoms with Gasteiger partial charge < -0.3 is 4.84 Å². The predicted octanol–water partition coefficient (Wildman–Crippen LogP) is 1.39. The lowest BCUT2D eigenvalue weighted by molar-refractivity contribution is 0.0962. The van der Waals surface area contributed by atoms with Gasteiger partial charge in [0, 0.05) is 11.6 Å². The number of halogens is 1. The Morgan fingerprint density at radius 3 is 2.77 bits per heavy atom. The zero-order valence-electron chi connectivity index (χ0n) is 7.75. The minimum atomic E-state index is -0.345. The molecule has 0 atom stereocenters. The predicted molar refractivity (Wildman–Crippen MR) is 47.4 cm³/mol. The van der Waals surface area contributed by atoms with Crippen LogP contribution in [0.1, 0.15) is 19.4 Å². The van der Waals surface area contributed by atoms with E-state index in [1.807, 2.05) is 13.8 Å². The second-order valence-electron chi connectivity index (χ2n) is 3.59. The van der Waals surface area contributed by atoms with E-state index in [9.17, 15) is 4.39 Å². The van der Waals surface area contributed by atoms with E-state index < -0.39 is 0 Å². The molecule has 0 saturated carbocycles. The molecule has 0 aromatic carbocycles. The Balaban J connectivity index is 2.93. The summed E-state index contributed by atoms with van der Waals surface area (Å²) in [6.07, 6.45) is 2.78. The van der Waals surface area contributed by atoms with Crippen molar-refractivity contribution in [3.8, 4) is 0 Å². The molecule has 13 heavy (non-hydrogen) atoms. The summed E-state index contributed by atoms with van der Waals surface area (Å²) in [4.78, 5) is 8.31. The molecule has 1 aromatic heterocycles. The van der Waals surface area contributed by atoms with E-state index in [-0.39, 0.29) is 11.2 Å². The van der Waals surface area contributed by atoms with Crippen LogP contribution in [-0.4, -0.2) is 11.6 Å². The summed E-state index contributed by atoms with van der Waals surface area (Å²) in [5, 5.41) is 0. The Morgan fingerprint density at radius 1 is 1.54 bits per heavy atom. The SMILES string of the molecule is CC(C)(CON)c1cncc(F)c1. The average molecular weight is 184 g/mol. The number of nitrogens with zero attached hydrogens (tertiary/aromatic N) is 1. The summed E-state index contributed by atoms with van der Waals surface area (Å²) in [5.41, 5.74) is 0.460. The van der Waals surface area contributed by atoms with Gasteiger partial charge in [-0.15, -0.1) is 0 Å². The van der Waals surface area contributed by atoms with E-state index in [2.05, 4.69) is 9.82 Å². The Hall–Kier alpha value is -1.00. The van der Waals surface area contributed by atoms with Crippen LogP contribution in [0.25, 0.3) is 0 Å². The van der Waals surface area contributed by atoms with Gasteiger partial charge >= 0.3 is 0 Å². The van der Waals surface area contributed by atoms with Gasteiger partial charge in [-0.3, -0.25) is 4.98 Å². The third kappa shape index (κ3) is 2.47. The molecule has 0 spiro atoms. The minimum Gasteiger partial charge on any atom is -0.304 e. The molecule has 4 heteroatoms. The van der Waals surface area contributed by atoms with Crippen LogP contribution in [0.5, 0.6) is 0 Å². The molecule has 0 radical (unpaired) electrons. The van der Waals surface area contributed by atoms with Crippen LogP contribution in [0, 0.1) is 5.82 Å². The van der Waals surface area contributed by atoms with Crippen LogP contribution in [0.15, 0.2) is 18.5 Å². The largest absolute Gasteiger partial charge is 0.304 e. The van der Waals surface area contributed by atoms with E-state index in [0.29, 0.717) is 6.61 Å². The van der Waals surface area contributed by atoms with E-state index in [0.717, 1.165) is 5.56 Å². The molecule has 1 heterocycles. The first-order chi connectivity index (χ1) is 6.06. The molecule has 0 amide bonds. The first kappa shape index (κ1) is 10.1. The van der Waals surface area contributed by atoms with Crippen molar-refractivity contribution in [1.29, 1.82) is 0 Å². The standard InChI is InChI=1S/C9H13FN2O/c1-9(2,6-13-11)7-3-8(10)5-12-4-7/h3-5H,6,11H2,1-2H3. The Morgan fingerprint density at radius 2 is 2.23 bits per heavy atom. The number of hydrogen-bond donors (Lipinski definition) is 1. The first-order valence-electron chi connectivity index (χ1n) is 3.99. The molecule has 0 bridgehead atoms. The zero-order chi connectivity index (χ0) is 9.90. The number of aromatic nitrogens is 1. The molecule has 72 valence electrons. The molecule has 3 nitrogen and oxygen atoms in total. The second-order valence-corrected chi connectivity index (χ2v) is 3.59. The summed E-state index contributed by atoms with van der Waals surface area (Å²) < 4.78 is 12.8. The lowest BCUT2D eigenvalue weighted by Crippen LogP contribution is -2.26. The second kappa shape index (κ2) is 3.81. The highest BCUT2D eigenvalue weighted by Gasteiger charge is 2.21. The van der Waals surface area contributed by atoms with Crippen LogP contribution in [-0.2, 0) is 10.3 Å². The van der Waals surface area contributed by atoms with Crippen molar-refractivity contribution in [1.82, 2.24) is 4.98 Å². The fraction of sp³-hybridized carbons (Fsp3) is 0.444. The molecular formula is C9H13FN2O. The summed E-state index contributed by atoms with van der Waals surface area (Å²) >= 11 is 0. The molecular weight excluding hydrogens is 171 g/mol. The molecule has 1 rings (SSSR count). The number of nitrogens with two attached hydrogens (primary N) is 1. The van der Waals surface area contributed by atoms with Crippen molar-refractivity contribution in [3.05, 3.63) is 29.8 Å². The highest BCUT2D eigenvalue weighted by Crippen LogP contribution is 2.22. The van der Waals surface area contributed by atoms with Gasteiger partial charge in [-0.05, 0) is 11.6 Å². The van der Waals surface area contributed by atoms with Gasteiger partial charge in [0.25, 0.3) is 0 Å². The highest BCUT2D eigenvalue weighted by molar-refractivity contribution is 5.20. The summed E-state index contributed by atoms with van der Waals surface area (Å²) in [6, 6.07) is 1.44. The van der Waals surface area contributed by atoms with Crippen molar-refractivity contribution in [3.63, 3.8) is 0 Å². The molecule has 0 unspecified atom stereocenters. The summed E-state index contributed by atoms with van der Waals surface area (Å²) in [7, 11) is 0. The van der Waals surface area contributed by atoms with Crippen LogP contribution in [0.3, 0.4) is 0 Å². The molecule has 1 aromatic rings. The Kier molecular flexibility index (Phi) is 2.95. The lowest BCUT2D eigenvalue weighted by atomic mass is 9.87. The van der Waals surface area contributed by atoms with Crippen LogP contribution in [0.2, 0.25) is 0 Å². The minimum absolute atomic E-state index is 0.316.